The van der Waals surface area contributed by atoms with E-state index in [0.29, 0.717) is 22.8 Å². The summed E-state index contributed by atoms with van der Waals surface area (Å²) in [4.78, 5) is 38.5. The number of rotatable bonds is 8. The molecule has 12 heteroatoms. The number of likely N-dealkylation sites (N-methyl/N-ethyl adjacent to an activating group) is 1. The van der Waals surface area contributed by atoms with Crippen LogP contribution in [0, 0.1) is 29.3 Å². The Morgan fingerprint density at radius 2 is 1.84 bits per heavy atom. The van der Waals surface area contributed by atoms with Gasteiger partial charge in [-0.25, -0.2) is 4.98 Å². The maximum Gasteiger partial charge on any atom is 0.251 e. The molecule has 1 aliphatic carbocycles. The van der Waals surface area contributed by atoms with Gasteiger partial charge in [-0.1, -0.05) is 42.2 Å². The molecule has 1 aromatic carbocycles. The molecule has 4 heterocycles. The van der Waals surface area contributed by atoms with Gasteiger partial charge >= 0.3 is 0 Å². The number of hydrogen-bond donors (Lipinski definition) is 1. The van der Waals surface area contributed by atoms with Crippen LogP contribution in [0.5, 0.6) is 0 Å². The average molecular weight is 626 g/mol. The molecule has 1 aromatic heterocycles. The van der Waals surface area contributed by atoms with E-state index in [1.54, 1.807) is 29.2 Å². The minimum absolute atomic E-state index is 0.00651. The number of benzene rings is 1. The van der Waals surface area contributed by atoms with Gasteiger partial charge in [0.1, 0.15) is 24.4 Å². The summed E-state index contributed by atoms with van der Waals surface area (Å²) in [5.41, 5.74) is 1.26. The third-order valence-electron chi connectivity index (χ3n) is 9.75. The first-order valence-corrected chi connectivity index (χ1v) is 16.1. The highest BCUT2D eigenvalue weighted by molar-refractivity contribution is 7.14. The fraction of sp³-hybridized carbons (Fsp3) is 0.594. The summed E-state index contributed by atoms with van der Waals surface area (Å²) in [6.45, 7) is 3.86. The Morgan fingerprint density at radius 3 is 2.48 bits per heavy atom. The second kappa shape index (κ2) is 12.7. The van der Waals surface area contributed by atoms with Gasteiger partial charge in [0.25, 0.3) is 5.91 Å². The smallest absolute Gasteiger partial charge is 0.251 e. The van der Waals surface area contributed by atoms with E-state index >= 15 is 0 Å². The van der Waals surface area contributed by atoms with Crippen molar-refractivity contribution in [1.29, 1.82) is 0 Å². The minimum Gasteiger partial charge on any atom is -0.369 e. The second-order valence-corrected chi connectivity index (χ2v) is 13.1. The highest BCUT2D eigenvalue weighted by Gasteiger charge is 2.62. The van der Waals surface area contributed by atoms with E-state index < -0.39 is 24.0 Å². The second-order valence-electron chi connectivity index (χ2n) is 12.2. The molecule has 4 fully saturated rings. The molecule has 0 spiro atoms. The lowest BCUT2D eigenvalue weighted by Gasteiger charge is -2.38. The van der Waals surface area contributed by atoms with Gasteiger partial charge in [-0.05, 0) is 37.9 Å². The normalized spacial score (nSPS) is 26.0. The van der Waals surface area contributed by atoms with E-state index in [0.717, 1.165) is 63.2 Å². The first-order valence-electron chi connectivity index (χ1n) is 15.3. The van der Waals surface area contributed by atoms with Crippen LogP contribution in [0.1, 0.15) is 36.0 Å². The van der Waals surface area contributed by atoms with Crippen LogP contribution in [0.3, 0.4) is 0 Å². The number of fused-ring (bicyclic) bond motifs is 1. The molecule has 0 bridgehead atoms. The van der Waals surface area contributed by atoms with Crippen LogP contribution in [0.15, 0.2) is 24.3 Å². The van der Waals surface area contributed by atoms with Crippen LogP contribution in [0.2, 0.25) is 0 Å². The van der Waals surface area contributed by atoms with E-state index in [1.807, 2.05) is 0 Å². The average Bonchev–Trinajstić information content (AvgIpc) is 3.85. The van der Waals surface area contributed by atoms with Crippen LogP contribution in [0.4, 0.5) is 9.52 Å². The number of carbonyl (C=O) groups is 2. The monoisotopic (exact) mass is 625 g/mol. The minimum atomic E-state index is -1.14. The number of aromatic nitrogens is 1. The van der Waals surface area contributed by atoms with Crippen LogP contribution in [-0.4, -0.2) is 111 Å². The molecule has 44 heavy (non-hydrogen) atoms. The molecule has 4 aliphatic rings. The number of piperazine rings is 1. The number of terminal acetylenes is 1. The summed E-state index contributed by atoms with van der Waals surface area (Å²) in [5, 5.41) is 3.36. The van der Waals surface area contributed by atoms with Crippen molar-refractivity contribution in [1.82, 2.24) is 20.1 Å². The molecule has 10 nitrogen and oxygen atoms in total. The van der Waals surface area contributed by atoms with Crippen molar-refractivity contribution in [2.45, 2.75) is 49.7 Å². The molecular weight excluding hydrogens is 585 g/mol. The number of amides is 2. The van der Waals surface area contributed by atoms with E-state index in [1.165, 1.54) is 14.2 Å². The zero-order chi connectivity index (χ0) is 31.0. The molecule has 0 unspecified atom stereocenters. The fourth-order valence-electron chi connectivity index (χ4n) is 7.09. The molecule has 236 valence electrons. The first-order chi connectivity index (χ1) is 21.3. The summed E-state index contributed by atoms with van der Waals surface area (Å²) >= 11 is 1.05. The van der Waals surface area contributed by atoms with Crippen LogP contribution in [-0.2, 0) is 19.0 Å². The lowest BCUT2D eigenvalue weighted by molar-refractivity contribution is -0.227. The zero-order valence-electron chi connectivity index (χ0n) is 25.5. The summed E-state index contributed by atoms with van der Waals surface area (Å²) < 4.78 is 32.5. The Labute approximate surface area is 261 Å². The highest BCUT2D eigenvalue weighted by atomic mass is 32.1. The molecule has 1 N–H and O–H groups in total. The van der Waals surface area contributed by atoms with Crippen molar-refractivity contribution in [2.75, 3.05) is 65.5 Å². The summed E-state index contributed by atoms with van der Waals surface area (Å²) in [7, 11) is 5.14. The first kappa shape index (κ1) is 30.9. The summed E-state index contributed by atoms with van der Waals surface area (Å²) in [5.74, 6) is 0.741. The Hall–Kier alpha value is -3.08. The molecular formula is C32H40FN5O5S. The van der Waals surface area contributed by atoms with E-state index in [9.17, 15) is 14.0 Å². The lowest BCUT2D eigenvalue weighted by atomic mass is 9.95. The lowest BCUT2D eigenvalue weighted by Crippen LogP contribution is -2.59. The maximum atomic E-state index is 15.0. The van der Waals surface area contributed by atoms with Crippen molar-refractivity contribution >= 4 is 28.3 Å². The van der Waals surface area contributed by atoms with E-state index in [2.05, 4.69) is 33.1 Å². The van der Waals surface area contributed by atoms with Gasteiger partial charge in [-0.15, -0.1) is 6.42 Å². The summed E-state index contributed by atoms with van der Waals surface area (Å²) in [6.07, 6.45) is 9.09. The predicted molar refractivity (Wildman–Crippen MR) is 165 cm³/mol. The van der Waals surface area contributed by atoms with Crippen molar-refractivity contribution in [2.24, 2.45) is 11.8 Å². The SMILES string of the molecule is C#C[C@@H]1CN(C(=O)[C@@H](NC(=O)c2ccc(-c3nc(N4CCN(C)CC4)sc3F)cc2)C2CCCC2)[C@H]2[C@@H]1OCC2(OC)OC. The number of carbonyl (C=O) groups excluding carboxylic acids is 2. The number of thiazole rings is 1. The topological polar surface area (TPSA) is 96.5 Å². The van der Waals surface area contributed by atoms with Crippen molar-refractivity contribution < 1.29 is 28.2 Å². The zero-order valence-corrected chi connectivity index (χ0v) is 26.3. The molecule has 3 aliphatic heterocycles. The standard InChI is InChI=1S/C32H40FN5O5S/c1-5-20-18-38(27-26(20)43-19-32(27,41-3)42-4)30(40)25(21-8-6-7-9-21)34-29(39)23-12-10-22(11-13-23)24-28(33)44-31(35-24)37-16-14-36(2)15-17-37/h1,10-13,20-21,25-27H,6-9,14-19H2,2-4H3,(H,34,39)/t20-,25+,26-,27+/m1/s1. The summed E-state index contributed by atoms with van der Waals surface area (Å²) in [6, 6.07) is 5.45. The number of halogens is 1. The number of ether oxygens (including phenoxy) is 3. The van der Waals surface area contributed by atoms with Gasteiger partial charge < -0.3 is 34.2 Å². The van der Waals surface area contributed by atoms with Crippen molar-refractivity contribution in [3.63, 3.8) is 0 Å². The maximum absolute atomic E-state index is 15.0. The highest BCUT2D eigenvalue weighted by Crippen LogP contribution is 2.42. The van der Waals surface area contributed by atoms with E-state index in [-0.39, 0.29) is 41.1 Å². The Bertz CT molecular complexity index is 1390. The fourth-order valence-corrected chi connectivity index (χ4v) is 7.96. The molecule has 4 atom stereocenters. The number of hydrogen-bond acceptors (Lipinski definition) is 9. The molecule has 0 radical (unpaired) electrons. The Balaban J connectivity index is 1.20. The van der Waals surface area contributed by atoms with Crippen LogP contribution in [0.25, 0.3) is 11.3 Å². The molecule has 6 rings (SSSR count). The van der Waals surface area contributed by atoms with Gasteiger partial charge in [-0.2, -0.15) is 4.39 Å². The third kappa shape index (κ3) is 5.61. The largest absolute Gasteiger partial charge is 0.369 e. The van der Waals surface area contributed by atoms with E-state index in [4.69, 9.17) is 20.6 Å². The van der Waals surface area contributed by atoms with Gasteiger partial charge in [0.05, 0.1) is 12.0 Å². The van der Waals surface area contributed by atoms with Crippen LogP contribution >= 0.6 is 11.3 Å². The van der Waals surface area contributed by atoms with Gasteiger partial charge in [0.15, 0.2) is 5.13 Å². The number of anilines is 1. The van der Waals surface area contributed by atoms with Crippen molar-refractivity contribution in [3.05, 3.63) is 35.0 Å². The Kier molecular flexibility index (Phi) is 8.95. The number of nitrogens with one attached hydrogen (secondary N) is 1. The number of nitrogens with zero attached hydrogens (tertiary/aromatic N) is 4. The quantitative estimate of drug-likeness (QED) is 0.354. The number of likely N-dealkylation sites (tertiary alicyclic amines) is 1. The molecule has 3 saturated heterocycles. The predicted octanol–water partition coefficient (Wildman–Crippen LogP) is 2.84. The third-order valence-corrected chi connectivity index (χ3v) is 10.7. The van der Waals surface area contributed by atoms with Gasteiger partial charge in [0.2, 0.25) is 16.8 Å². The Morgan fingerprint density at radius 1 is 1.16 bits per heavy atom. The molecule has 1 saturated carbocycles. The number of methoxy groups -OCH3 is 2. The molecule has 2 amide bonds. The van der Waals surface area contributed by atoms with Gasteiger partial charge in [-0.3, -0.25) is 9.59 Å². The van der Waals surface area contributed by atoms with Crippen molar-refractivity contribution in [3.8, 4) is 23.6 Å². The van der Waals surface area contributed by atoms with Crippen LogP contribution < -0.4 is 10.2 Å². The van der Waals surface area contributed by atoms with Gasteiger partial charge in [0, 0.05) is 58.1 Å². The molecule has 2 aromatic rings.